The lowest BCUT2D eigenvalue weighted by atomic mass is 10.4. The maximum atomic E-state index is 8.63. The number of anilines is 1. The molecule has 0 aliphatic rings. The molecule has 0 spiro atoms. The normalized spacial score (nSPS) is 10.0. The van der Waals surface area contributed by atoms with E-state index in [9.17, 15) is 0 Å². The molecular weight excluding hydrogens is 200 g/mol. The van der Waals surface area contributed by atoms with Gasteiger partial charge in [-0.15, -0.1) is 11.3 Å². The number of thiazole rings is 1. The van der Waals surface area contributed by atoms with Crippen LogP contribution in [0.25, 0.3) is 10.8 Å². The molecule has 0 aromatic carbocycles. The first-order chi connectivity index (χ1) is 6.72. The van der Waals surface area contributed by atoms with E-state index in [2.05, 4.69) is 9.97 Å². The van der Waals surface area contributed by atoms with E-state index in [4.69, 9.17) is 15.4 Å². The summed E-state index contributed by atoms with van der Waals surface area (Å²) in [4.78, 5) is 8.81. The molecule has 0 amide bonds. The molecule has 0 radical (unpaired) electrons. The number of nitrogens with zero attached hydrogens (tertiary/aromatic N) is 3. The van der Waals surface area contributed by atoms with Crippen LogP contribution in [0.3, 0.4) is 0 Å². The van der Waals surface area contributed by atoms with E-state index in [0.717, 1.165) is 10.6 Å². The lowest BCUT2D eigenvalue weighted by Gasteiger charge is -1.88. The number of aryl methyl sites for hydroxylation is 1. The van der Waals surface area contributed by atoms with E-state index in [1.807, 2.05) is 13.0 Å². The highest BCUT2D eigenvalue weighted by Gasteiger charge is 2.14. The highest BCUT2D eigenvalue weighted by Crippen LogP contribution is 2.28. The molecule has 0 unspecified atom stereocenters. The van der Waals surface area contributed by atoms with Crippen LogP contribution in [0.5, 0.6) is 0 Å². The van der Waals surface area contributed by atoms with Crippen molar-refractivity contribution in [2.45, 2.75) is 6.92 Å². The Morgan fingerprint density at radius 3 is 2.93 bits per heavy atom. The summed E-state index contributed by atoms with van der Waals surface area (Å²) < 4.78 is 5.15. The second kappa shape index (κ2) is 3.12. The molecule has 2 rings (SSSR count). The molecule has 2 aromatic rings. The van der Waals surface area contributed by atoms with Gasteiger partial charge in [-0.2, -0.15) is 10.2 Å². The number of aromatic nitrogens is 2. The molecule has 0 fully saturated rings. The van der Waals surface area contributed by atoms with Gasteiger partial charge in [0.15, 0.2) is 0 Å². The van der Waals surface area contributed by atoms with E-state index < -0.39 is 0 Å². The van der Waals surface area contributed by atoms with E-state index in [1.165, 1.54) is 11.3 Å². The van der Waals surface area contributed by atoms with E-state index in [0.29, 0.717) is 5.89 Å². The Kier molecular flexibility index (Phi) is 1.94. The SMILES string of the molecule is Cc1ncsc1-c1nc(C#N)c(N)o1. The third-order valence-electron chi connectivity index (χ3n) is 1.70. The van der Waals surface area contributed by atoms with Gasteiger partial charge < -0.3 is 10.2 Å². The summed E-state index contributed by atoms with van der Waals surface area (Å²) in [6.07, 6.45) is 0. The van der Waals surface area contributed by atoms with Gasteiger partial charge in [0.1, 0.15) is 10.9 Å². The lowest BCUT2D eigenvalue weighted by Crippen LogP contribution is -1.84. The van der Waals surface area contributed by atoms with Crippen LogP contribution in [0.2, 0.25) is 0 Å². The Bertz CT molecular complexity index is 508. The van der Waals surface area contributed by atoms with Gasteiger partial charge in [-0.25, -0.2) is 4.98 Å². The molecule has 2 aromatic heterocycles. The first-order valence-electron chi connectivity index (χ1n) is 3.79. The molecule has 2 N–H and O–H groups in total. The number of hydrogen-bond donors (Lipinski definition) is 1. The molecule has 0 aliphatic heterocycles. The fourth-order valence-electron chi connectivity index (χ4n) is 1.02. The average Bonchev–Trinajstić information content (AvgIpc) is 2.71. The lowest BCUT2D eigenvalue weighted by molar-refractivity contribution is 0.594. The van der Waals surface area contributed by atoms with Crippen molar-refractivity contribution >= 4 is 17.2 Å². The van der Waals surface area contributed by atoms with Gasteiger partial charge in [0.25, 0.3) is 0 Å². The Balaban J connectivity index is 2.54. The summed E-state index contributed by atoms with van der Waals surface area (Å²) in [6, 6.07) is 1.85. The number of oxazole rings is 1. The fraction of sp³-hybridized carbons (Fsp3) is 0.125. The zero-order chi connectivity index (χ0) is 10.1. The molecule has 0 bridgehead atoms. The predicted molar refractivity (Wildman–Crippen MR) is 51.5 cm³/mol. The van der Waals surface area contributed by atoms with Crippen LogP contribution in [-0.2, 0) is 0 Å². The van der Waals surface area contributed by atoms with Crippen molar-refractivity contribution < 1.29 is 4.42 Å². The van der Waals surface area contributed by atoms with Crippen LogP contribution in [0, 0.1) is 18.3 Å². The topological polar surface area (TPSA) is 88.7 Å². The first kappa shape index (κ1) is 8.72. The monoisotopic (exact) mass is 206 g/mol. The van der Waals surface area contributed by atoms with Gasteiger partial charge in [-0.05, 0) is 6.92 Å². The van der Waals surface area contributed by atoms with Crippen molar-refractivity contribution in [2.75, 3.05) is 5.73 Å². The Hall–Kier alpha value is -1.87. The van der Waals surface area contributed by atoms with Gasteiger partial charge in [0.05, 0.1) is 11.2 Å². The molecule has 0 saturated carbocycles. The number of hydrogen-bond acceptors (Lipinski definition) is 6. The van der Waals surface area contributed by atoms with Crippen LogP contribution in [0.15, 0.2) is 9.93 Å². The summed E-state index contributed by atoms with van der Waals surface area (Å²) in [5.74, 6) is 0.411. The molecule has 14 heavy (non-hydrogen) atoms. The Labute approximate surface area is 83.8 Å². The fourth-order valence-corrected chi connectivity index (χ4v) is 1.74. The third kappa shape index (κ3) is 1.24. The van der Waals surface area contributed by atoms with Crippen molar-refractivity contribution in [1.29, 1.82) is 5.26 Å². The molecule has 6 heteroatoms. The standard InChI is InChI=1S/C8H6N4OS/c1-4-6(14-3-11-4)8-12-5(2-9)7(10)13-8/h3H,10H2,1H3. The minimum Gasteiger partial charge on any atom is -0.418 e. The minimum absolute atomic E-state index is 0.0512. The number of rotatable bonds is 1. The van der Waals surface area contributed by atoms with E-state index in [-0.39, 0.29) is 11.6 Å². The summed E-state index contributed by atoms with van der Waals surface area (Å²) in [5.41, 5.74) is 8.07. The van der Waals surface area contributed by atoms with Gasteiger partial charge in [0.2, 0.25) is 17.5 Å². The van der Waals surface area contributed by atoms with Gasteiger partial charge >= 0.3 is 0 Å². The van der Waals surface area contributed by atoms with Crippen molar-refractivity contribution in [2.24, 2.45) is 0 Å². The Morgan fingerprint density at radius 1 is 1.64 bits per heavy atom. The third-order valence-corrected chi connectivity index (χ3v) is 2.62. The smallest absolute Gasteiger partial charge is 0.242 e. The van der Waals surface area contributed by atoms with Crippen molar-refractivity contribution in [3.63, 3.8) is 0 Å². The van der Waals surface area contributed by atoms with E-state index >= 15 is 0 Å². The quantitative estimate of drug-likeness (QED) is 0.764. The van der Waals surface area contributed by atoms with Gasteiger partial charge in [0, 0.05) is 0 Å². The summed E-state index contributed by atoms with van der Waals surface area (Å²) in [5, 5.41) is 8.63. The van der Waals surface area contributed by atoms with E-state index in [1.54, 1.807) is 5.51 Å². The predicted octanol–water partition coefficient (Wildman–Crippen LogP) is 1.56. The van der Waals surface area contributed by atoms with Crippen LogP contribution >= 0.6 is 11.3 Å². The summed E-state index contributed by atoms with van der Waals surface area (Å²) in [7, 11) is 0. The zero-order valence-electron chi connectivity index (χ0n) is 7.31. The molecule has 5 nitrogen and oxygen atoms in total. The molecule has 0 aliphatic carbocycles. The number of nitrogen functional groups attached to an aromatic ring is 1. The van der Waals surface area contributed by atoms with Crippen molar-refractivity contribution in [1.82, 2.24) is 9.97 Å². The minimum atomic E-state index is 0.0512. The summed E-state index contributed by atoms with van der Waals surface area (Å²) >= 11 is 1.40. The molecule has 2 heterocycles. The maximum absolute atomic E-state index is 8.63. The Morgan fingerprint density at radius 2 is 2.43 bits per heavy atom. The number of nitrogens with two attached hydrogens (primary N) is 1. The molecule has 0 atom stereocenters. The van der Waals surface area contributed by atoms with Crippen molar-refractivity contribution in [3.05, 3.63) is 16.9 Å². The van der Waals surface area contributed by atoms with Crippen LogP contribution < -0.4 is 5.73 Å². The molecule has 0 saturated heterocycles. The average molecular weight is 206 g/mol. The molecule has 70 valence electrons. The number of nitriles is 1. The first-order valence-corrected chi connectivity index (χ1v) is 4.67. The van der Waals surface area contributed by atoms with Crippen LogP contribution in [-0.4, -0.2) is 9.97 Å². The molecular formula is C8H6N4OS. The second-order valence-corrected chi connectivity index (χ2v) is 3.47. The van der Waals surface area contributed by atoms with Crippen molar-refractivity contribution in [3.8, 4) is 16.8 Å². The zero-order valence-corrected chi connectivity index (χ0v) is 8.13. The highest BCUT2D eigenvalue weighted by molar-refractivity contribution is 7.13. The van der Waals surface area contributed by atoms with Crippen LogP contribution in [0.4, 0.5) is 5.88 Å². The second-order valence-electron chi connectivity index (χ2n) is 2.61. The van der Waals surface area contributed by atoms with Gasteiger partial charge in [-0.3, -0.25) is 0 Å². The largest absolute Gasteiger partial charge is 0.418 e. The van der Waals surface area contributed by atoms with Gasteiger partial charge in [-0.1, -0.05) is 0 Å². The van der Waals surface area contributed by atoms with Crippen LogP contribution in [0.1, 0.15) is 11.4 Å². The summed E-state index contributed by atoms with van der Waals surface area (Å²) in [6.45, 7) is 1.85. The maximum Gasteiger partial charge on any atom is 0.242 e. The highest BCUT2D eigenvalue weighted by atomic mass is 32.1.